The second-order valence-electron chi connectivity index (χ2n) is 5.51. The van der Waals surface area contributed by atoms with Gasteiger partial charge in [0, 0.05) is 11.8 Å². The molecule has 6 nitrogen and oxygen atoms in total. The summed E-state index contributed by atoms with van der Waals surface area (Å²) in [6, 6.07) is 9.68. The van der Waals surface area contributed by atoms with E-state index in [4.69, 9.17) is 9.47 Å². The van der Waals surface area contributed by atoms with Crippen molar-refractivity contribution < 1.29 is 23.5 Å². The zero-order valence-corrected chi connectivity index (χ0v) is 13.8. The molecule has 130 valence electrons. The van der Waals surface area contributed by atoms with Gasteiger partial charge < -0.3 is 14.8 Å². The van der Waals surface area contributed by atoms with Gasteiger partial charge in [-0.1, -0.05) is 0 Å². The highest BCUT2D eigenvalue weighted by atomic mass is 19.1. The van der Waals surface area contributed by atoms with E-state index in [0.717, 1.165) is 4.90 Å². The standard InChI is InChI=1S/C18H17FN2O4/c1-24-15-8-5-12(9-16(15)25-2)20-14-10-17(22)21(18(14)23)13-6-3-11(19)4-7-13/h3-9,14,20H,10H2,1-2H3. The summed E-state index contributed by atoms with van der Waals surface area (Å²) in [7, 11) is 3.05. The summed E-state index contributed by atoms with van der Waals surface area (Å²) in [5.41, 5.74) is 0.984. The zero-order valence-electron chi connectivity index (χ0n) is 13.8. The second-order valence-corrected chi connectivity index (χ2v) is 5.51. The van der Waals surface area contributed by atoms with Crippen LogP contribution in [-0.4, -0.2) is 32.1 Å². The van der Waals surface area contributed by atoms with Crippen molar-refractivity contribution in [2.45, 2.75) is 12.5 Å². The Bertz CT molecular complexity index is 807. The SMILES string of the molecule is COc1ccc(NC2CC(=O)N(c3ccc(F)cc3)C2=O)cc1OC. The minimum absolute atomic E-state index is 0.0184. The van der Waals surface area contributed by atoms with E-state index in [1.54, 1.807) is 18.2 Å². The van der Waals surface area contributed by atoms with Crippen LogP contribution in [0.1, 0.15) is 6.42 Å². The molecule has 3 rings (SSSR count). The fourth-order valence-corrected chi connectivity index (χ4v) is 2.73. The minimum atomic E-state index is -0.698. The molecule has 2 aromatic carbocycles. The molecule has 0 spiro atoms. The number of carbonyl (C=O) groups excluding carboxylic acids is 2. The van der Waals surface area contributed by atoms with Crippen LogP contribution in [0.4, 0.5) is 15.8 Å². The Morgan fingerprint density at radius 3 is 2.36 bits per heavy atom. The fraction of sp³-hybridized carbons (Fsp3) is 0.222. The molecule has 1 aliphatic rings. The quantitative estimate of drug-likeness (QED) is 0.845. The monoisotopic (exact) mass is 344 g/mol. The lowest BCUT2D eigenvalue weighted by atomic mass is 10.2. The van der Waals surface area contributed by atoms with E-state index in [1.807, 2.05) is 0 Å². The van der Waals surface area contributed by atoms with Crippen molar-refractivity contribution in [3.8, 4) is 11.5 Å². The van der Waals surface area contributed by atoms with Gasteiger partial charge in [-0.2, -0.15) is 0 Å². The molecule has 0 bridgehead atoms. The van der Waals surface area contributed by atoms with Crippen molar-refractivity contribution in [3.63, 3.8) is 0 Å². The molecule has 1 heterocycles. The first-order valence-corrected chi connectivity index (χ1v) is 7.64. The number of ether oxygens (including phenoxy) is 2. The van der Waals surface area contributed by atoms with Crippen LogP contribution >= 0.6 is 0 Å². The summed E-state index contributed by atoms with van der Waals surface area (Å²) < 4.78 is 23.4. The van der Waals surface area contributed by atoms with Crippen LogP contribution in [0.25, 0.3) is 0 Å². The molecule has 0 saturated carbocycles. The van der Waals surface area contributed by atoms with Gasteiger partial charge in [-0.3, -0.25) is 9.59 Å². The number of amides is 2. The van der Waals surface area contributed by atoms with E-state index < -0.39 is 11.9 Å². The Balaban J connectivity index is 1.79. The highest BCUT2D eigenvalue weighted by Crippen LogP contribution is 2.31. The summed E-state index contributed by atoms with van der Waals surface area (Å²) in [4.78, 5) is 25.9. The van der Waals surface area contributed by atoms with Gasteiger partial charge in [-0.25, -0.2) is 9.29 Å². The summed E-state index contributed by atoms with van der Waals surface area (Å²) in [5, 5.41) is 3.04. The van der Waals surface area contributed by atoms with Gasteiger partial charge in [0.25, 0.3) is 5.91 Å². The zero-order chi connectivity index (χ0) is 18.0. The van der Waals surface area contributed by atoms with E-state index >= 15 is 0 Å². The van der Waals surface area contributed by atoms with Crippen LogP contribution in [-0.2, 0) is 9.59 Å². The Labute approximate surface area is 144 Å². The maximum absolute atomic E-state index is 13.0. The third-order valence-corrected chi connectivity index (χ3v) is 3.96. The number of halogens is 1. The molecule has 1 N–H and O–H groups in total. The van der Waals surface area contributed by atoms with Crippen LogP contribution in [0.5, 0.6) is 11.5 Å². The van der Waals surface area contributed by atoms with Crippen molar-refractivity contribution in [2.75, 3.05) is 24.4 Å². The summed E-state index contributed by atoms with van der Waals surface area (Å²) >= 11 is 0. The molecule has 1 saturated heterocycles. The van der Waals surface area contributed by atoms with Gasteiger partial charge in [0.15, 0.2) is 11.5 Å². The van der Waals surface area contributed by atoms with Crippen molar-refractivity contribution in [1.82, 2.24) is 0 Å². The normalized spacial score (nSPS) is 16.9. The number of rotatable bonds is 5. The summed E-state index contributed by atoms with van der Waals surface area (Å²) in [6.07, 6.45) is 0.0184. The van der Waals surface area contributed by atoms with E-state index in [-0.39, 0.29) is 18.2 Å². The molecule has 1 fully saturated rings. The van der Waals surface area contributed by atoms with Gasteiger partial charge >= 0.3 is 0 Å². The van der Waals surface area contributed by atoms with Gasteiger partial charge in [0.1, 0.15) is 11.9 Å². The lowest BCUT2D eigenvalue weighted by Gasteiger charge is -2.17. The van der Waals surface area contributed by atoms with Crippen molar-refractivity contribution in [1.29, 1.82) is 0 Å². The fourth-order valence-electron chi connectivity index (χ4n) is 2.73. The number of carbonyl (C=O) groups is 2. The number of imide groups is 1. The van der Waals surface area contributed by atoms with Crippen LogP contribution in [0, 0.1) is 5.82 Å². The Morgan fingerprint density at radius 2 is 1.72 bits per heavy atom. The highest BCUT2D eigenvalue weighted by molar-refractivity contribution is 6.23. The second kappa shape index (κ2) is 6.80. The van der Waals surface area contributed by atoms with E-state index in [2.05, 4.69) is 5.32 Å². The van der Waals surface area contributed by atoms with E-state index in [9.17, 15) is 14.0 Å². The molecular formula is C18H17FN2O4. The summed E-state index contributed by atoms with van der Waals surface area (Å²) in [6.45, 7) is 0. The highest BCUT2D eigenvalue weighted by Gasteiger charge is 2.39. The molecule has 1 atom stereocenters. The number of benzene rings is 2. The van der Waals surface area contributed by atoms with Gasteiger partial charge in [-0.15, -0.1) is 0 Å². The third-order valence-electron chi connectivity index (χ3n) is 3.96. The average Bonchev–Trinajstić information content (AvgIpc) is 2.89. The summed E-state index contributed by atoms with van der Waals surface area (Å²) in [5.74, 6) is -0.0710. The molecule has 2 amide bonds. The van der Waals surface area contributed by atoms with Gasteiger partial charge in [0.2, 0.25) is 5.91 Å². The van der Waals surface area contributed by atoms with Crippen LogP contribution in [0.2, 0.25) is 0 Å². The number of nitrogens with zero attached hydrogens (tertiary/aromatic N) is 1. The first kappa shape index (κ1) is 16.8. The Morgan fingerprint density at radius 1 is 1.04 bits per heavy atom. The van der Waals surface area contributed by atoms with Crippen LogP contribution in [0.3, 0.4) is 0 Å². The smallest absolute Gasteiger partial charge is 0.256 e. The number of anilines is 2. The topological polar surface area (TPSA) is 67.9 Å². The minimum Gasteiger partial charge on any atom is -0.493 e. The van der Waals surface area contributed by atoms with Crippen molar-refractivity contribution >= 4 is 23.2 Å². The predicted octanol–water partition coefficient (Wildman–Crippen LogP) is 2.59. The van der Waals surface area contributed by atoms with E-state index in [0.29, 0.717) is 22.9 Å². The van der Waals surface area contributed by atoms with Gasteiger partial charge in [-0.05, 0) is 36.4 Å². The molecule has 0 aliphatic carbocycles. The number of nitrogens with one attached hydrogen (secondary N) is 1. The molecule has 0 radical (unpaired) electrons. The maximum Gasteiger partial charge on any atom is 0.256 e. The lowest BCUT2D eigenvalue weighted by molar-refractivity contribution is -0.121. The van der Waals surface area contributed by atoms with Gasteiger partial charge in [0.05, 0.1) is 26.3 Å². The van der Waals surface area contributed by atoms with E-state index in [1.165, 1.54) is 38.5 Å². The maximum atomic E-state index is 13.0. The van der Waals surface area contributed by atoms with Crippen LogP contribution < -0.4 is 19.7 Å². The molecule has 0 aromatic heterocycles. The Kier molecular flexibility index (Phi) is 4.56. The lowest BCUT2D eigenvalue weighted by Crippen LogP contribution is -2.34. The third kappa shape index (κ3) is 3.26. The molecule has 1 unspecified atom stereocenters. The molecular weight excluding hydrogens is 327 g/mol. The number of hydrogen-bond donors (Lipinski definition) is 1. The van der Waals surface area contributed by atoms with Crippen LogP contribution in [0.15, 0.2) is 42.5 Å². The molecule has 2 aromatic rings. The first-order valence-electron chi connectivity index (χ1n) is 7.64. The first-order chi connectivity index (χ1) is 12.0. The number of methoxy groups -OCH3 is 2. The number of hydrogen-bond acceptors (Lipinski definition) is 5. The van der Waals surface area contributed by atoms with Crippen molar-refractivity contribution in [3.05, 3.63) is 48.3 Å². The molecule has 1 aliphatic heterocycles. The van der Waals surface area contributed by atoms with Crippen molar-refractivity contribution in [2.24, 2.45) is 0 Å². The predicted molar refractivity (Wildman–Crippen MR) is 90.5 cm³/mol. The largest absolute Gasteiger partial charge is 0.493 e. The average molecular weight is 344 g/mol. The molecule has 25 heavy (non-hydrogen) atoms. The Hall–Kier alpha value is -3.09. The molecule has 7 heteroatoms.